The van der Waals surface area contributed by atoms with Gasteiger partial charge in [-0.3, -0.25) is 4.79 Å². The number of benzene rings is 2. The van der Waals surface area contributed by atoms with Gasteiger partial charge in [-0.2, -0.15) is 4.98 Å². The summed E-state index contributed by atoms with van der Waals surface area (Å²) < 4.78 is 10.3. The molecule has 0 bridgehead atoms. The molecule has 150 valence electrons. The molecule has 0 aliphatic rings. The van der Waals surface area contributed by atoms with Crippen LogP contribution in [0.2, 0.25) is 0 Å². The largest absolute Gasteiger partial charge is 0.497 e. The molecule has 1 heterocycles. The van der Waals surface area contributed by atoms with Crippen molar-refractivity contribution in [3.8, 4) is 17.1 Å². The van der Waals surface area contributed by atoms with Gasteiger partial charge < -0.3 is 14.6 Å². The lowest BCUT2D eigenvalue weighted by Gasteiger charge is -2.18. The molecule has 0 unspecified atom stereocenters. The third kappa shape index (κ3) is 5.54. The second-order valence-electron chi connectivity index (χ2n) is 7.66. The van der Waals surface area contributed by atoms with Gasteiger partial charge in [0.25, 0.3) is 0 Å². The maximum atomic E-state index is 12.1. The van der Waals surface area contributed by atoms with Crippen LogP contribution in [0, 0.1) is 0 Å². The van der Waals surface area contributed by atoms with E-state index in [1.807, 2.05) is 36.4 Å². The maximum absolute atomic E-state index is 12.1. The molecule has 0 radical (unpaired) electrons. The molecule has 0 aliphatic heterocycles. The Hall–Kier alpha value is -3.41. The van der Waals surface area contributed by atoms with Crippen LogP contribution in [0.15, 0.2) is 59.1 Å². The van der Waals surface area contributed by atoms with Crippen molar-refractivity contribution >= 4 is 12.0 Å². The fraction of sp³-hybridized carbons (Fsp3) is 0.261. The quantitative estimate of drug-likeness (QED) is 0.631. The number of carbonyl (C=O) groups is 1. The predicted octanol–water partition coefficient (Wildman–Crippen LogP) is 4.37. The summed E-state index contributed by atoms with van der Waals surface area (Å²) in [4.78, 5) is 16.4. The molecule has 1 aromatic heterocycles. The number of amides is 1. The highest BCUT2D eigenvalue weighted by Gasteiger charge is 2.12. The van der Waals surface area contributed by atoms with E-state index in [2.05, 4.69) is 48.4 Å². The first kappa shape index (κ1) is 20.3. The van der Waals surface area contributed by atoms with E-state index < -0.39 is 0 Å². The minimum Gasteiger partial charge on any atom is -0.497 e. The van der Waals surface area contributed by atoms with Gasteiger partial charge in [0.2, 0.25) is 17.6 Å². The van der Waals surface area contributed by atoms with E-state index in [9.17, 15) is 4.79 Å². The summed E-state index contributed by atoms with van der Waals surface area (Å²) in [6.45, 7) is 6.67. The first-order valence-corrected chi connectivity index (χ1v) is 9.38. The minimum absolute atomic E-state index is 0.106. The molecule has 3 aromatic rings. The number of methoxy groups -OCH3 is 1. The van der Waals surface area contributed by atoms with Gasteiger partial charge in [-0.15, -0.1) is 0 Å². The van der Waals surface area contributed by atoms with Crippen LogP contribution in [0.25, 0.3) is 17.5 Å². The highest BCUT2D eigenvalue weighted by Crippen LogP contribution is 2.22. The molecule has 0 saturated heterocycles. The van der Waals surface area contributed by atoms with Crippen molar-refractivity contribution in [1.82, 2.24) is 15.5 Å². The van der Waals surface area contributed by atoms with Crippen LogP contribution in [0.5, 0.6) is 5.75 Å². The summed E-state index contributed by atoms with van der Waals surface area (Å²) in [6.07, 6.45) is 3.27. The van der Waals surface area contributed by atoms with Crippen LogP contribution in [0.1, 0.15) is 37.8 Å². The summed E-state index contributed by atoms with van der Waals surface area (Å²) in [6, 6.07) is 15.5. The van der Waals surface area contributed by atoms with Gasteiger partial charge >= 0.3 is 0 Å². The first-order valence-electron chi connectivity index (χ1n) is 9.38. The summed E-state index contributed by atoms with van der Waals surface area (Å²) >= 11 is 0. The van der Waals surface area contributed by atoms with Crippen molar-refractivity contribution in [3.05, 3.63) is 71.6 Å². The van der Waals surface area contributed by atoms with Crippen molar-refractivity contribution in [2.45, 2.75) is 32.7 Å². The number of hydrogen-bond donors (Lipinski definition) is 1. The van der Waals surface area contributed by atoms with Crippen molar-refractivity contribution in [1.29, 1.82) is 0 Å². The molecular formula is C23H25N3O3. The van der Waals surface area contributed by atoms with Crippen LogP contribution in [-0.2, 0) is 16.8 Å². The molecule has 0 atom stereocenters. The third-order valence-corrected chi connectivity index (χ3v) is 4.43. The Morgan fingerprint density at radius 3 is 2.41 bits per heavy atom. The SMILES string of the molecule is COc1ccc(-c2noc(CNC(=O)/C=C/c3ccc(C(C)(C)C)cc3)n2)cc1. The minimum atomic E-state index is -0.228. The Balaban J connectivity index is 1.54. The van der Waals surface area contributed by atoms with Crippen molar-refractivity contribution in [3.63, 3.8) is 0 Å². The number of rotatable bonds is 6. The van der Waals surface area contributed by atoms with Gasteiger partial charge in [-0.25, -0.2) is 0 Å². The Morgan fingerprint density at radius 2 is 1.79 bits per heavy atom. The van der Waals surface area contributed by atoms with Gasteiger partial charge in [0.15, 0.2) is 0 Å². The molecule has 0 aliphatic carbocycles. The summed E-state index contributed by atoms with van der Waals surface area (Å²) in [7, 11) is 1.61. The zero-order valence-corrected chi connectivity index (χ0v) is 17.1. The molecule has 29 heavy (non-hydrogen) atoms. The first-order chi connectivity index (χ1) is 13.8. The topological polar surface area (TPSA) is 77.3 Å². The summed E-state index contributed by atoms with van der Waals surface area (Å²) in [5.41, 5.74) is 3.13. The van der Waals surface area contributed by atoms with Gasteiger partial charge in [0.1, 0.15) is 5.75 Å². The predicted molar refractivity (Wildman–Crippen MR) is 112 cm³/mol. The standard InChI is InChI=1S/C23H25N3O3/c1-23(2,3)18-10-5-16(6-11-18)7-14-20(27)24-15-21-25-22(26-29-21)17-8-12-19(28-4)13-9-17/h5-14H,15H2,1-4H3,(H,24,27)/b14-7+. The molecule has 6 heteroatoms. The number of nitrogens with zero attached hydrogens (tertiary/aromatic N) is 2. The molecule has 2 aromatic carbocycles. The average molecular weight is 391 g/mol. The Bertz CT molecular complexity index is 981. The number of carbonyl (C=O) groups excluding carboxylic acids is 1. The maximum Gasteiger partial charge on any atom is 0.246 e. The molecule has 0 saturated carbocycles. The second-order valence-corrected chi connectivity index (χ2v) is 7.66. The molecule has 0 fully saturated rings. The monoisotopic (exact) mass is 391 g/mol. The fourth-order valence-electron chi connectivity index (χ4n) is 2.67. The third-order valence-electron chi connectivity index (χ3n) is 4.43. The van der Waals surface area contributed by atoms with Gasteiger partial charge in [-0.05, 0) is 46.9 Å². The molecular weight excluding hydrogens is 366 g/mol. The van der Waals surface area contributed by atoms with Gasteiger partial charge in [-0.1, -0.05) is 50.2 Å². The summed E-state index contributed by atoms with van der Waals surface area (Å²) in [5.74, 6) is 1.33. The Kier molecular flexibility index (Phi) is 6.12. The highest BCUT2D eigenvalue weighted by molar-refractivity contribution is 5.91. The smallest absolute Gasteiger partial charge is 0.246 e. The number of hydrogen-bond acceptors (Lipinski definition) is 5. The molecule has 0 spiro atoms. The van der Waals surface area contributed by atoms with Gasteiger partial charge in [0.05, 0.1) is 13.7 Å². The fourth-order valence-corrected chi connectivity index (χ4v) is 2.67. The van der Waals surface area contributed by atoms with Gasteiger partial charge in [0, 0.05) is 11.6 Å². The van der Waals surface area contributed by atoms with E-state index in [0.717, 1.165) is 16.9 Å². The van der Waals surface area contributed by atoms with E-state index >= 15 is 0 Å². The van der Waals surface area contributed by atoms with E-state index in [1.165, 1.54) is 11.6 Å². The molecule has 3 rings (SSSR count). The van der Waals surface area contributed by atoms with E-state index in [1.54, 1.807) is 13.2 Å². The number of aromatic nitrogens is 2. The number of ether oxygens (including phenoxy) is 1. The van der Waals surface area contributed by atoms with Crippen LogP contribution in [0.3, 0.4) is 0 Å². The summed E-state index contributed by atoms with van der Waals surface area (Å²) in [5, 5.41) is 6.69. The molecule has 6 nitrogen and oxygen atoms in total. The number of nitrogens with one attached hydrogen (secondary N) is 1. The Morgan fingerprint density at radius 1 is 1.10 bits per heavy atom. The molecule has 1 amide bonds. The second kappa shape index (κ2) is 8.73. The van der Waals surface area contributed by atoms with Crippen LogP contribution in [0.4, 0.5) is 0 Å². The lowest BCUT2D eigenvalue weighted by Crippen LogP contribution is -2.20. The normalized spacial score (nSPS) is 11.6. The van der Waals surface area contributed by atoms with E-state index in [-0.39, 0.29) is 17.9 Å². The Labute approximate surface area is 170 Å². The zero-order chi connectivity index (χ0) is 20.9. The van der Waals surface area contributed by atoms with Crippen LogP contribution >= 0.6 is 0 Å². The van der Waals surface area contributed by atoms with E-state index in [0.29, 0.717) is 11.7 Å². The van der Waals surface area contributed by atoms with E-state index in [4.69, 9.17) is 9.26 Å². The molecule has 1 N–H and O–H groups in total. The highest BCUT2D eigenvalue weighted by atomic mass is 16.5. The van der Waals surface area contributed by atoms with Crippen LogP contribution in [-0.4, -0.2) is 23.2 Å². The van der Waals surface area contributed by atoms with Crippen LogP contribution < -0.4 is 10.1 Å². The zero-order valence-electron chi connectivity index (χ0n) is 17.1. The lowest BCUT2D eigenvalue weighted by atomic mass is 9.87. The van der Waals surface area contributed by atoms with Crippen molar-refractivity contribution in [2.24, 2.45) is 0 Å². The van der Waals surface area contributed by atoms with Crippen molar-refractivity contribution in [2.75, 3.05) is 7.11 Å². The lowest BCUT2D eigenvalue weighted by molar-refractivity contribution is -0.116. The average Bonchev–Trinajstić information content (AvgIpc) is 3.19. The van der Waals surface area contributed by atoms with Crippen molar-refractivity contribution < 1.29 is 14.1 Å².